The zero-order chi connectivity index (χ0) is 12.0. The van der Waals surface area contributed by atoms with E-state index in [1.54, 1.807) is 12.1 Å². The molecule has 0 saturated heterocycles. The minimum absolute atomic E-state index is 0.0892. The van der Waals surface area contributed by atoms with Gasteiger partial charge in [-0.15, -0.1) is 6.58 Å². The SMILES string of the molecule is C=CCNc1ccc(NC=O)cc1[N+](=O)[O-]. The molecule has 6 heteroatoms. The number of hydrogen-bond donors (Lipinski definition) is 2. The van der Waals surface area contributed by atoms with Crippen molar-refractivity contribution in [3.05, 3.63) is 41.0 Å². The highest BCUT2D eigenvalue weighted by atomic mass is 16.6. The van der Waals surface area contributed by atoms with Crippen molar-refractivity contribution in [2.75, 3.05) is 17.2 Å². The largest absolute Gasteiger partial charge is 0.376 e. The fraction of sp³-hybridized carbons (Fsp3) is 0.100. The second-order valence-electron chi connectivity index (χ2n) is 2.92. The Labute approximate surface area is 92.1 Å². The number of nitrogens with zero attached hydrogens (tertiary/aromatic N) is 1. The Morgan fingerprint density at radius 2 is 2.25 bits per heavy atom. The molecular formula is C10H11N3O3. The summed E-state index contributed by atoms with van der Waals surface area (Å²) in [5, 5.41) is 16.0. The molecule has 0 unspecified atom stereocenters. The molecule has 0 aromatic heterocycles. The number of amides is 1. The van der Waals surface area contributed by atoms with Crippen LogP contribution in [0.2, 0.25) is 0 Å². The molecule has 1 amide bonds. The van der Waals surface area contributed by atoms with Gasteiger partial charge in [0.2, 0.25) is 6.41 Å². The van der Waals surface area contributed by atoms with Crippen LogP contribution < -0.4 is 10.6 Å². The predicted octanol–water partition coefficient (Wildman–Crippen LogP) is 1.76. The van der Waals surface area contributed by atoms with Crippen LogP contribution in [0.15, 0.2) is 30.9 Å². The molecule has 84 valence electrons. The molecule has 0 bridgehead atoms. The van der Waals surface area contributed by atoms with Gasteiger partial charge < -0.3 is 10.6 Å². The number of hydrogen-bond acceptors (Lipinski definition) is 4. The third kappa shape index (κ3) is 2.81. The summed E-state index contributed by atoms with van der Waals surface area (Å²) in [4.78, 5) is 20.5. The van der Waals surface area contributed by atoms with Crippen LogP contribution in [-0.4, -0.2) is 17.9 Å². The number of rotatable bonds is 6. The van der Waals surface area contributed by atoms with Crippen LogP contribution >= 0.6 is 0 Å². The van der Waals surface area contributed by atoms with Gasteiger partial charge in [-0.1, -0.05) is 6.08 Å². The molecule has 0 heterocycles. The number of carbonyl (C=O) groups excluding carboxylic acids is 1. The van der Waals surface area contributed by atoms with E-state index in [0.717, 1.165) is 0 Å². The summed E-state index contributed by atoms with van der Waals surface area (Å²) in [6, 6.07) is 4.40. The molecule has 0 radical (unpaired) electrons. The maximum absolute atomic E-state index is 10.8. The van der Waals surface area contributed by atoms with Gasteiger partial charge in [0.25, 0.3) is 5.69 Å². The fourth-order valence-corrected chi connectivity index (χ4v) is 1.17. The molecule has 0 atom stereocenters. The van der Waals surface area contributed by atoms with Gasteiger partial charge >= 0.3 is 0 Å². The van der Waals surface area contributed by atoms with E-state index in [0.29, 0.717) is 24.3 Å². The number of nitrogens with one attached hydrogen (secondary N) is 2. The van der Waals surface area contributed by atoms with Gasteiger partial charge in [0, 0.05) is 18.3 Å². The summed E-state index contributed by atoms with van der Waals surface area (Å²) in [6.45, 7) is 3.94. The number of nitro benzene ring substituents is 1. The minimum atomic E-state index is -0.512. The van der Waals surface area contributed by atoms with E-state index in [2.05, 4.69) is 17.2 Å². The summed E-state index contributed by atoms with van der Waals surface area (Å²) < 4.78 is 0. The Balaban J connectivity index is 3.03. The maximum atomic E-state index is 10.8. The predicted molar refractivity (Wildman–Crippen MR) is 61.5 cm³/mol. The Morgan fingerprint density at radius 3 is 2.81 bits per heavy atom. The van der Waals surface area contributed by atoms with Crippen molar-refractivity contribution in [2.24, 2.45) is 0 Å². The van der Waals surface area contributed by atoms with Gasteiger partial charge in [-0.25, -0.2) is 0 Å². The van der Waals surface area contributed by atoms with Crippen LogP contribution in [0.1, 0.15) is 0 Å². The van der Waals surface area contributed by atoms with E-state index < -0.39 is 4.92 Å². The lowest BCUT2D eigenvalue weighted by Crippen LogP contribution is -2.03. The molecule has 0 saturated carbocycles. The topological polar surface area (TPSA) is 84.3 Å². The van der Waals surface area contributed by atoms with Gasteiger partial charge in [-0.2, -0.15) is 0 Å². The molecule has 1 rings (SSSR count). The zero-order valence-corrected chi connectivity index (χ0v) is 8.47. The number of nitro groups is 1. The van der Waals surface area contributed by atoms with Crippen molar-refractivity contribution < 1.29 is 9.72 Å². The molecule has 0 aliphatic carbocycles. The Hall–Kier alpha value is -2.37. The van der Waals surface area contributed by atoms with Crippen molar-refractivity contribution in [1.82, 2.24) is 0 Å². The minimum Gasteiger partial charge on any atom is -0.376 e. The first-order valence-electron chi connectivity index (χ1n) is 4.52. The first kappa shape index (κ1) is 11.7. The standard InChI is InChI=1S/C10H11N3O3/c1-2-5-11-9-4-3-8(12-7-14)6-10(9)13(15)16/h2-4,6-7,11H,1,5H2,(H,12,14). The molecule has 2 N–H and O–H groups in total. The molecule has 0 aliphatic rings. The summed E-state index contributed by atoms with van der Waals surface area (Å²) >= 11 is 0. The number of anilines is 2. The van der Waals surface area contributed by atoms with Crippen molar-refractivity contribution in [3.63, 3.8) is 0 Å². The van der Waals surface area contributed by atoms with Crippen molar-refractivity contribution >= 4 is 23.5 Å². The van der Waals surface area contributed by atoms with Crippen molar-refractivity contribution in [1.29, 1.82) is 0 Å². The van der Waals surface area contributed by atoms with Crippen molar-refractivity contribution in [2.45, 2.75) is 0 Å². The fourth-order valence-electron chi connectivity index (χ4n) is 1.17. The smallest absolute Gasteiger partial charge is 0.294 e. The van der Waals surface area contributed by atoms with E-state index in [4.69, 9.17) is 0 Å². The van der Waals surface area contributed by atoms with E-state index in [1.165, 1.54) is 12.1 Å². The van der Waals surface area contributed by atoms with Gasteiger partial charge in [-0.05, 0) is 12.1 Å². The average molecular weight is 221 g/mol. The van der Waals surface area contributed by atoms with Gasteiger partial charge in [-0.3, -0.25) is 14.9 Å². The van der Waals surface area contributed by atoms with Crippen LogP contribution in [0.3, 0.4) is 0 Å². The lowest BCUT2D eigenvalue weighted by Gasteiger charge is -2.06. The number of benzene rings is 1. The Kier molecular flexibility index (Phi) is 4.02. The highest BCUT2D eigenvalue weighted by molar-refractivity contribution is 5.76. The molecule has 1 aromatic rings. The van der Waals surface area contributed by atoms with Crippen LogP contribution in [0.5, 0.6) is 0 Å². The van der Waals surface area contributed by atoms with Gasteiger partial charge in [0.05, 0.1) is 4.92 Å². The van der Waals surface area contributed by atoms with Crippen LogP contribution in [-0.2, 0) is 4.79 Å². The summed E-state index contributed by atoms with van der Waals surface area (Å²) in [5.41, 5.74) is 0.681. The van der Waals surface area contributed by atoms with Gasteiger partial charge in [0.1, 0.15) is 5.69 Å². The lowest BCUT2D eigenvalue weighted by atomic mass is 10.2. The highest BCUT2D eigenvalue weighted by Crippen LogP contribution is 2.27. The molecule has 0 spiro atoms. The molecule has 0 fully saturated rings. The Bertz CT molecular complexity index is 418. The third-order valence-corrected chi connectivity index (χ3v) is 1.86. The summed E-state index contributed by atoms with van der Waals surface area (Å²) in [6.07, 6.45) is 2.07. The van der Waals surface area contributed by atoms with Crippen LogP contribution in [0.25, 0.3) is 0 Å². The quantitative estimate of drug-likeness (QED) is 0.332. The van der Waals surface area contributed by atoms with Crippen LogP contribution in [0, 0.1) is 10.1 Å². The first-order valence-corrected chi connectivity index (χ1v) is 4.52. The maximum Gasteiger partial charge on any atom is 0.294 e. The summed E-state index contributed by atoms with van der Waals surface area (Å²) in [7, 11) is 0. The zero-order valence-electron chi connectivity index (χ0n) is 8.47. The Morgan fingerprint density at radius 1 is 1.50 bits per heavy atom. The lowest BCUT2D eigenvalue weighted by molar-refractivity contribution is -0.383. The van der Waals surface area contributed by atoms with Gasteiger partial charge in [0.15, 0.2) is 0 Å². The second-order valence-corrected chi connectivity index (χ2v) is 2.92. The van der Waals surface area contributed by atoms with E-state index in [-0.39, 0.29) is 5.69 Å². The average Bonchev–Trinajstić information content (AvgIpc) is 2.27. The van der Waals surface area contributed by atoms with E-state index >= 15 is 0 Å². The van der Waals surface area contributed by atoms with E-state index in [9.17, 15) is 14.9 Å². The third-order valence-electron chi connectivity index (χ3n) is 1.86. The highest BCUT2D eigenvalue weighted by Gasteiger charge is 2.13. The van der Waals surface area contributed by atoms with Crippen molar-refractivity contribution in [3.8, 4) is 0 Å². The van der Waals surface area contributed by atoms with Crippen LogP contribution in [0.4, 0.5) is 17.1 Å². The molecule has 6 nitrogen and oxygen atoms in total. The normalized spacial score (nSPS) is 9.25. The second kappa shape index (κ2) is 5.50. The number of carbonyl (C=O) groups is 1. The monoisotopic (exact) mass is 221 g/mol. The first-order chi connectivity index (χ1) is 7.69. The molecule has 16 heavy (non-hydrogen) atoms. The molecule has 1 aromatic carbocycles. The molecule has 0 aliphatic heterocycles. The van der Waals surface area contributed by atoms with E-state index in [1.807, 2.05) is 0 Å². The summed E-state index contributed by atoms with van der Waals surface area (Å²) in [5.74, 6) is 0. The molecular weight excluding hydrogens is 210 g/mol.